The quantitative estimate of drug-likeness (QED) is 0.719. The molecule has 0 amide bonds. The number of aromatic nitrogens is 3. The van der Waals surface area contributed by atoms with Crippen molar-refractivity contribution in [3.8, 4) is 11.4 Å². The van der Waals surface area contributed by atoms with Gasteiger partial charge >= 0.3 is 6.18 Å². The number of hydrogen-bond donors (Lipinski definition) is 1. The van der Waals surface area contributed by atoms with Crippen molar-refractivity contribution in [1.29, 1.82) is 0 Å². The number of hydrogen-bond acceptors (Lipinski definition) is 3. The summed E-state index contributed by atoms with van der Waals surface area (Å²) < 4.78 is 41.0. The number of aliphatic hydroxyl groups is 1. The molecule has 0 bridgehead atoms. The highest BCUT2D eigenvalue weighted by atomic mass is 19.4. The summed E-state index contributed by atoms with van der Waals surface area (Å²) in [5.41, 5.74) is 1.33. The normalized spacial score (nSPS) is 16.2. The number of benzene rings is 1. The molecule has 26 heavy (non-hydrogen) atoms. The Morgan fingerprint density at radius 2 is 2.00 bits per heavy atom. The minimum Gasteiger partial charge on any atom is -0.388 e. The number of aliphatic hydroxyl groups excluding tert-OH is 1. The molecular formula is C19H18F3N3O. The molecule has 4 nitrogen and oxygen atoms in total. The van der Waals surface area contributed by atoms with Gasteiger partial charge in [0.25, 0.3) is 0 Å². The van der Waals surface area contributed by atoms with Crippen LogP contribution in [0.15, 0.2) is 36.5 Å². The van der Waals surface area contributed by atoms with Gasteiger partial charge in [-0.1, -0.05) is 31.2 Å². The SMILES string of the molecule is CCC(O)c1ccccc1-c1nc2cc(C(F)(F)F)cnc2n1C1CC1. The fourth-order valence-electron chi connectivity index (χ4n) is 3.22. The lowest BCUT2D eigenvalue weighted by molar-refractivity contribution is -0.137. The minimum atomic E-state index is -4.46. The van der Waals surface area contributed by atoms with Crippen LogP contribution in [0.5, 0.6) is 0 Å². The molecule has 1 saturated carbocycles. The van der Waals surface area contributed by atoms with Crippen molar-refractivity contribution in [1.82, 2.24) is 14.5 Å². The van der Waals surface area contributed by atoms with E-state index in [9.17, 15) is 18.3 Å². The molecule has 1 aliphatic carbocycles. The van der Waals surface area contributed by atoms with Crippen molar-refractivity contribution in [3.63, 3.8) is 0 Å². The van der Waals surface area contributed by atoms with Crippen molar-refractivity contribution in [2.75, 3.05) is 0 Å². The van der Waals surface area contributed by atoms with Gasteiger partial charge in [0.15, 0.2) is 5.65 Å². The Balaban J connectivity index is 1.95. The highest BCUT2D eigenvalue weighted by molar-refractivity contribution is 5.79. The van der Waals surface area contributed by atoms with E-state index in [0.717, 1.165) is 36.2 Å². The molecule has 4 rings (SSSR count). The molecule has 1 aliphatic rings. The van der Waals surface area contributed by atoms with E-state index < -0.39 is 17.8 Å². The molecule has 1 N–H and O–H groups in total. The van der Waals surface area contributed by atoms with Crippen LogP contribution in [0.3, 0.4) is 0 Å². The molecule has 7 heteroatoms. The smallest absolute Gasteiger partial charge is 0.388 e. The van der Waals surface area contributed by atoms with Crippen molar-refractivity contribution < 1.29 is 18.3 Å². The van der Waals surface area contributed by atoms with E-state index >= 15 is 0 Å². The summed E-state index contributed by atoms with van der Waals surface area (Å²) in [6.07, 6.45) is -1.82. The molecule has 0 aliphatic heterocycles. The third kappa shape index (κ3) is 2.86. The predicted molar refractivity (Wildman–Crippen MR) is 91.5 cm³/mol. The lowest BCUT2D eigenvalue weighted by Gasteiger charge is -2.15. The fourth-order valence-corrected chi connectivity index (χ4v) is 3.22. The first-order chi connectivity index (χ1) is 12.4. The maximum atomic E-state index is 13.0. The first-order valence-corrected chi connectivity index (χ1v) is 8.62. The Morgan fingerprint density at radius 1 is 1.27 bits per heavy atom. The van der Waals surface area contributed by atoms with Gasteiger partial charge in [-0.05, 0) is 30.9 Å². The van der Waals surface area contributed by atoms with E-state index in [2.05, 4.69) is 9.97 Å². The molecule has 1 aromatic carbocycles. The van der Waals surface area contributed by atoms with Crippen LogP contribution in [0, 0.1) is 0 Å². The van der Waals surface area contributed by atoms with Gasteiger partial charge in [-0.15, -0.1) is 0 Å². The molecule has 3 aromatic rings. The average Bonchev–Trinajstić information content (AvgIpc) is 3.39. The number of nitrogens with zero attached hydrogens (tertiary/aromatic N) is 3. The predicted octanol–water partition coefficient (Wildman–Crippen LogP) is 4.90. The van der Waals surface area contributed by atoms with Gasteiger partial charge in [0, 0.05) is 17.8 Å². The van der Waals surface area contributed by atoms with Crippen molar-refractivity contribution >= 4 is 11.2 Å². The van der Waals surface area contributed by atoms with Gasteiger partial charge in [-0.3, -0.25) is 0 Å². The summed E-state index contributed by atoms with van der Waals surface area (Å²) in [6, 6.07) is 8.58. The summed E-state index contributed by atoms with van der Waals surface area (Å²) >= 11 is 0. The Bertz CT molecular complexity index is 960. The van der Waals surface area contributed by atoms with E-state index in [1.165, 1.54) is 0 Å². The highest BCUT2D eigenvalue weighted by Crippen LogP contribution is 2.42. The van der Waals surface area contributed by atoms with Gasteiger partial charge in [-0.2, -0.15) is 13.2 Å². The number of alkyl halides is 3. The molecule has 136 valence electrons. The van der Waals surface area contributed by atoms with E-state index in [-0.39, 0.29) is 11.6 Å². The minimum absolute atomic E-state index is 0.186. The zero-order valence-corrected chi connectivity index (χ0v) is 14.2. The monoisotopic (exact) mass is 361 g/mol. The second kappa shape index (κ2) is 6.09. The summed E-state index contributed by atoms with van der Waals surface area (Å²) in [6.45, 7) is 1.88. The van der Waals surface area contributed by atoms with Crippen molar-refractivity contribution in [3.05, 3.63) is 47.7 Å². The van der Waals surface area contributed by atoms with Crippen LogP contribution in [0.1, 0.15) is 49.5 Å². The van der Waals surface area contributed by atoms with Crippen LogP contribution in [0.25, 0.3) is 22.6 Å². The van der Waals surface area contributed by atoms with Gasteiger partial charge in [0.2, 0.25) is 0 Å². The Morgan fingerprint density at radius 3 is 2.65 bits per heavy atom. The first-order valence-electron chi connectivity index (χ1n) is 8.62. The zero-order chi connectivity index (χ0) is 18.5. The van der Waals surface area contributed by atoms with Crippen molar-refractivity contribution in [2.24, 2.45) is 0 Å². The summed E-state index contributed by atoms with van der Waals surface area (Å²) in [4.78, 5) is 8.55. The lowest BCUT2D eigenvalue weighted by Crippen LogP contribution is -2.06. The van der Waals surface area contributed by atoms with Crippen molar-refractivity contribution in [2.45, 2.75) is 44.5 Å². The van der Waals surface area contributed by atoms with Gasteiger partial charge in [0.05, 0.1) is 11.7 Å². The molecule has 1 fully saturated rings. The van der Waals surface area contributed by atoms with Gasteiger partial charge in [0.1, 0.15) is 11.3 Å². The maximum Gasteiger partial charge on any atom is 0.417 e. The average molecular weight is 361 g/mol. The van der Waals surface area contributed by atoms with E-state index in [1.807, 2.05) is 35.8 Å². The largest absolute Gasteiger partial charge is 0.417 e. The number of fused-ring (bicyclic) bond motifs is 1. The first kappa shape index (κ1) is 17.0. The molecule has 2 aromatic heterocycles. The molecule has 0 radical (unpaired) electrons. The van der Waals surface area contributed by atoms with Crippen LogP contribution >= 0.6 is 0 Å². The molecule has 1 unspecified atom stereocenters. The Hall–Kier alpha value is -2.41. The van der Waals surface area contributed by atoms with Gasteiger partial charge < -0.3 is 9.67 Å². The summed E-state index contributed by atoms with van der Waals surface area (Å²) in [5, 5.41) is 10.3. The lowest BCUT2D eigenvalue weighted by atomic mass is 10.00. The number of pyridine rings is 1. The maximum absolute atomic E-state index is 13.0. The third-order valence-corrected chi connectivity index (χ3v) is 4.72. The summed E-state index contributed by atoms with van der Waals surface area (Å²) in [5.74, 6) is 0.567. The van der Waals surface area contributed by atoms with E-state index in [0.29, 0.717) is 17.9 Å². The second-order valence-electron chi connectivity index (χ2n) is 6.61. The van der Waals surface area contributed by atoms with Gasteiger partial charge in [-0.25, -0.2) is 9.97 Å². The van der Waals surface area contributed by atoms with Crippen LogP contribution in [0.2, 0.25) is 0 Å². The van der Waals surface area contributed by atoms with E-state index in [1.54, 1.807) is 0 Å². The molecule has 0 spiro atoms. The topological polar surface area (TPSA) is 50.9 Å². The number of rotatable bonds is 4. The molecular weight excluding hydrogens is 343 g/mol. The fraction of sp³-hybridized carbons (Fsp3) is 0.368. The summed E-state index contributed by atoms with van der Waals surface area (Å²) in [7, 11) is 0. The zero-order valence-electron chi connectivity index (χ0n) is 14.2. The number of halogens is 3. The van der Waals surface area contributed by atoms with Crippen LogP contribution in [-0.4, -0.2) is 19.6 Å². The Kier molecular flexibility index (Phi) is 3.99. The molecule has 0 saturated heterocycles. The molecule has 2 heterocycles. The van der Waals surface area contributed by atoms with Crippen LogP contribution in [-0.2, 0) is 6.18 Å². The van der Waals surface area contributed by atoms with Crippen LogP contribution in [0.4, 0.5) is 13.2 Å². The highest BCUT2D eigenvalue weighted by Gasteiger charge is 2.34. The van der Waals surface area contributed by atoms with Crippen LogP contribution < -0.4 is 0 Å². The molecule has 1 atom stereocenters. The standard InChI is InChI=1S/C19H18F3N3O/c1-2-16(26)13-5-3-4-6-14(13)17-24-15-9-11(19(20,21)22)10-23-18(15)25(17)12-7-8-12/h3-6,9-10,12,16,26H,2,7-8H2,1H3. The van der Waals surface area contributed by atoms with E-state index in [4.69, 9.17) is 0 Å². The Labute approximate surface area is 148 Å². The second-order valence-corrected chi connectivity index (χ2v) is 6.61. The third-order valence-electron chi connectivity index (χ3n) is 4.72. The number of imidazole rings is 1.